The Morgan fingerprint density at radius 3 is 2.50 bits per heavy atom. The first kappa shape index (κ1) is 15.4. The van der Waals surface area contributed by atoms with Crippen LogP contribution < -0.4 is 0 Å². The van der Waals surface area contributed by atoms with Gasteiger partial charge in [0.2, 0.25) is 0 Å². The third-order valence-electron chi connectivity index (χ3n) is 4.06. The van der Waals surface area contributed by atoms with Crippen molar-refractivity contribution < 1.29 is 19.0 Å². The maximum absolute atomic E-state index is 13.6. The second kappa shape index (κ2) is 6.61. The van der Waals surface area contributed by atoms with Crippen molar-refractivity contribution in [2.24, 2.45) is 5.92 Å². The van der Waals surface area contributed by atoms with E-state index in [9.17, 15) is 19.0 Å². The number of piperidine rings is 1. The SMILES string of the molecule is CC(O)C1CCN(CC(O)c2cc(F)ccc2F)CC1. The summed E-state index contributed by atoms with van der Waals surface area (Å²) >= 11 is 0. The predicted octanol–water partition coefficient (Wildman–Crippen LogP) is 2.09. The van der Waals surface area contributed by atoms with Gasteiger partial charge in [-0.1, -0.05) is 0 Å². The van der Waals surface area contributed by atoms with Crippen LogP contribution in [0.25, 0.3) is 0 Å². The zero-order chi connectivity index (χ0) is 14.7. The molecule has 1 fully saturated rings. The highest BCUT2D eigenvalue weighted by Crippen LogP contribution is 2.24. The van der Waals surface area contributed by atoms with Crippen LogP contribution in [-0.4, -0.2) is 40.9 Å². The molecule has 1 aromatic rings. The van der Waals surface area contributed by atoms with Crippen LogP contribution in [-0.2, 0) is 0 Å². The van der Waals surface area contributed by atoms with Crippen molar-refractivity contribution in [3.05, 3.63) is 35.4 Å². The lowest BCUT2D eigenvalue weighted by atomic mass is 9.92. The summed E-state index contributed by atoms with van der Waals surface area (Å²) in [6, 6.07) is 3.12. The number of rotatable bonds is 4. The van der Waals surface area contributed by atoms with E-state index in [-0.39, 0.29) is 24.1 Å². The van der Waals surface area contributed by atoms with Crippen molar-refractivity contribution in [1.82, 2.24) is 4.90 Å². The van der Waals surface area contributed by atoms with Gasteiger partial charge in [0, 0.05) is 12.1 Å². The summed E-state index contributed by atoms with van der Waals surface area (Å²) in [6.07, 6.45) is 0.364. The molecular formula is C15H21F2NO2. The van der Waals surface area contributed by atoms with Gasteiger partial charge in [-0.2, -0.15) is 0 Å². The van der Waals surface area contributed by atoms with Gasteiger partial charge in [-0.3, -0.25) is 0 Å². The van der Waals surface area contributed by atoms with Gasteiger partial charge in [-0.25, -0.2) is 8.78 Å². The van der Waals surface area contributed by atoms with Crippen LogP contribution in [0.2, 0.25) is 0 Å². The summed E-state index contributed by atoms with van der Waals surface area (Å²) in [5.74, 6) is -0.847. The molecule has 2 rings (SSSR count). The van der Waals surface area contributed by atoms with E-state index < -0.39 is 17.7 Å². The molecule has 0 amide bonds. The fraction of sp³-hybridized carbons (Fsp3) is 0.600. The van der Waals surface area contributed by atoms with E-state index in [1.807, 2.05) is 4.90 Å². The van der Waals surface area contributed by atoms with E-state index in [0.29, 0.717) is 0 Å². The number of β-amino-alcohol motifs (C(OH)–C–C–N with tert-alkyl or cyclic N) is 1. The Bertz CT molecular complexity index is 445. The van der Waals surface area contributed by atoms with Gasteiger partial charge in [0.1, 0.15) is 11.6 Å². The molecule has 1 saturated heterocycles. The topological polar surface area (TPSA) is 43.7 Å². The lowest BCUT2D eigenvalue weighted by Crippen LogP contribution is -2.39. The minimum Gasteiger partial charge on any atom is -0.393 e. The lowest BCUT2D eigenvalue weighted by Gasteiger charge is -2.34. The monoisotopic (exact) mass is 285 g/mol. The highest BCUT2D eigenvalue weighted by atomic mass is 19.1. The zero-order valence-corrected chi connectivity index (χ0v) is 11.6. The van der Waals surface area contributed by atoms with E-state index >= 15 is 0 Å². The fourth-order valence-corrected chi connectivity index (χ4v) is 2.73. The van der Waals surface area contributed by atoms with Crippen LogP contribution in [0.15, 0.2) is 18.2 Å². The molecule has 112 valence electrons. The Kier molecular flexibility index (Phi) is 5.07. The Morgan fingerprint density at radius 1 is 1.25 bits per heavy atom. The molecule has 1 aliphatic heterocycles. The second-order valence-electron chi connectivity index (χ2n) is 5.56. The molecule has 2 atom stereocenters. The highest BCUT2D eigenvalue weighted by molar-refractivity contribution is 5.21. The number of halogens is 2. The predicted molar refractivity (Wildman–Crippen MR) is 72.2 cm³/mol. The molecule has 2 N–H and O–H groups in total. The number of benzene rings is 1. The standard InChI is InChI=1S/C15H21F2NO2/c1-10(19)11-4-6-18(7-5-11)9-15(20)13-8-12(16)2-3-14(13)17/h2-3,8,10-11,15,19-20H,4-7,9H2,1H3. The van der Waals surface area contributed by atoms with Gasteiger partial charge < -0.3 is 15.1 Å². The van der Waals surface area contributed by atoms with Gasteiger partial charge >= 0.3 is 0 Å². The van der Waals surface area contributed by atoms with Crippen molar-refractivity contribution in [3.8, 4) is 0 Å². The van der Waals surface area contributed by atoms with E-state index in [2.05, 4.69) is 0 Å². The third kappa shape index (κ3) is 3.75. The Morgan fingerprint density at radius 2 is 1.90 bits per heavy atom. The molecule has 0 spiro atoms. The van der Waals surface area contributed by atoms with Crippen LogP contribution in [0.4, 0.5) is 8.78 Å². The maximum Gasteiger partial charge on any atom is 0.129 e. The summed E-state index contributed by atoms with van der Waals surface area (Å²) < 4.78 is 26.7. The molecule has 2 unspecified atom stereocenters. The Balaban J connectivity index is 1.92. The number of aliphatic hydroxyl groups is 2. The molecule has 0 radical (unpaired) electrons. The summed E-state index contributed by atoms with van der Waals surface area (Å²) in [5, 5.41) is 19.6. The first-order valence-electron chi connectivity index (χ1n) is 7.01. The number of nitrogens with zero attached hydrogens (tertiary/aromatic N) is 1. The molecular weight excluding hydrogens is 264 g/mol. The van der Waals surface area contributed by atoms with Gasteiger partial charge in [-0.05, 0) is 57.0 Å². The maximum atomic E-state index is 13.6. The van der Waals surface area contributed by atoms with Crippen LogP contribution in [0.5, 0.6) is 0 Å². The minimum atomic E-state index is -1.03. The van der Waals surface area contributed by atoms with Crippen LogP contribution in [0.3, 0.4) is 0 Å². The molecule has 0 aromatic heterocycles. The summed E-state index contributed by atoms with van der Waals surface area (Å²) in [7, 11) is 0. The molecule has 20 heavy (non-hydrogen) atoms. The van der Waals surface area contributed by atoms with Crippen molar-refractivity contribution in [1.29, 1.82) is 0 Å². The molecule has 1 heterocycles. The third-order valence-corrected chi connectivity index (χ3v) is 4.06. The Labute approximate surface area is 117 Å². The quantitative estimate of drug-likeness (QED) is 0.890. The average molecular weight is 285 g/mol. The van der Waals surface area contributed by atoms with E-state index in [1.54, 1.807) is 6.92 Å². The van der Waals surface area contributed by atoms with Crippen LogP contribution >= 0.6 is 0 Å². The fourth-order valence-electron chi connectivity index (χ4n) is 2.73. The molecule has 1 aliphatic rings. The minimum absolute atomic E-state index is 0.00245. The van der Waals surface area contributed by atoms with Crippen LogP contribution in [0, 0.1) is 17.6 Å². The van der Waals surface area contributed by atoms with Crippen molar-refractivity contribution in [2.45, 2.75) is 32.0 Å². The number of hydrogen-bond donors (Lipinski definition) is 2. The number of aliphatic hydroxyl groups excluding tert-OH is 2. The molecule has 5 heteroatoms. The van der Waals surface area contributed by atoms with Gasteiger partial charge in [-0.15, -0.1) is 0 Å². The first-order chi connectivity index (χ1) is 9.47. The van der Waals surface area contributed by atoms with Crippen molar-refractivity contribution in [3.63, 3.8) is 0 Å². The molecule has 0 aliphatic carbocycles. The number of likely N-dealkylation sites (tertiary alicyclic amines) is 1. The molecule has 1 aromatic carbocycles. The Hall–Kier alpha value is -1.04. The van der Waals surface area contributed by atoms with Gasteiger partial charge in [0.15, 0.2) is 0 Å². The molecule has 0 bridgehead atoms. The molecule has 0 saturated carbocycles. The van der Waals surface area contributed by atoms with E-state index in [1.165, 1.54) is 0 Å². The lowest BCUT2D eigenvalue weighted by molar-refractivity contribution is 0.0476. The molecule has 3 nitrogen and oxygen atoms in total. The van der Waals surface area contributed by atoms with Gasteiger partial charge in [0.25, 0.3) is 0 Å². The largest absolute Gasteiger partial charge is 0.393 e. The first-order valence-corrected chi connectivity index (χ1v) is 7.01. The summed E-state index contributed by atoms with van der Waals surface area (Å²) in [5.41, 5.74) is 0.00245. The number of hydrogen-bond acceptors (Lipinski definition) is 3. The van der Waals surface area contributed by atoms with Crippen molar-refractivity contribution >= 4 is 0 Å². The average Bonchev–Trinajstić information content (AvgIpc) is 2.42. The normalized spacial score (nSPS) is 20.9. The summed E-state index contributed by atoms with van der Waals surface area (Å²) in [4.78, 5) is 2.02. The smallest absolute Gasteiger partial charge is 0.129 e. The van der Waals surface area contributed by atoms with Crippen molar-refractivity contribution in [2.75, 3.05) is 19.6 Å². The zero-order valence-electron chi connectivity index (χ0n) is 11.6. The van der Waals surface area contributed by atoms with E-state index in [4.69, 9.17) is 0 Å². The summed E-state index contributed by atoms with van der Waals surface area (Å²) in [6.45, 7) is 3.58. The second-order valence-corrected chi connectivity index (χ2v) is 5.56. The van der Waals surface area contributed by atoms with E-state index in [0.717, 1.165) is 44.1 Å². The van der Waals surface area contributed by atoms with Gasteiger partial charge in [0.05, 0.1) is 12.2 Å². The highest BCUT2D eigenvalue weighted by Gasteiger charge is 2.25. The van der Waals surface area contributed by atoms with Crippen LogP contribution in [0.1, 0.15) is 31.4 Å².